The molecule has 3 aromatic rings. The minimum Gasteiger partial charge on any atom is -0.387 e. The molecule has 9 nitrogen and oxygen atoms in total. The highest BCUT2D eigenvalue weighted by atomic mass is 19.1. The predicted octanol–water partition coefficient (Wildman–Crippen LogP) is 6.55. The molecule has 10 heteroatoms. The molecule has 3 aliphatic rings. The van der Waals surface area contributed by atoms with Crippen molar-refractivity contribution >= 4 is 23.2 Å². The van der Waals surface area contributed by atoms with E-state index in [9.17, 15) is 14.3 Å². The number of nitrogens with zero attached hydrogens (tertiary/aromatic N) is 5. The van der Waals surface area contributed by atoms with E-state index in [0.717, 1.165) is 53.9 Å². The average molecular weight is 619 g/mol. The Morgan fingerprint density at radius 3 is 2.60 bits per heavy atom. The highest BCUT2D eigenvalue weighted by Crippen LogP contribution is 2.60. The SMILES string of the molecule is C=C/C(=C\C(NC=O)=C(\C)C(C)C)c1noc(C2CC2(C)CC)n1.Cc1cnn2ccc(N3CC4(C3)CC(O)(C(C)F)C4)cc12. The first-order valence-corrected chi connectivity index (χ1v) is 15.9. The first-order valence-electron chi connectivity index (χ1n) is 15.9. The Hall–Kier alpha value is -3.79. The molecule has 1 aliphatic heterocycles. The van der Waals surface area contributed by atoms with Gasteiger partial charge in [-0.3, -0.25) is 4.79 Å². The number of alkyl halides is 1. The molecular formula is C35H47FN6O3. The third-order valence-corrected chi connectivity index (χ3v) is 10.4. The molecule has 0 aromatic carbocycles. The first-order chi connectivity index (χ1) is 21.3. The molecule has 0 radical (unpaired) electrons. The fourth-order valence-electron chi connectivity index (χ4n) is 6.68. The van der Waals surface area contributed by atoms with E-state index < -0.39 is 11.8 Å². The van der Waals surface area contributed by atoms with E-state index in [4.69, 9.17) is 4.52 Å². The van der Waals surface area contributed by atoms with Crippen LogP contribution in [0.1, 0.15) is 90.4 Å². The van der Waals surface area contributed by atoms with Crippen molar-refractivity contribution in [2.24, 2.45) is 16.7 Å². The van der Waals surface area contributed by atoms with E-state index >= 15 is 0 Å². The molecule has 0 bridgehead atoms. The average Bonchev–Trinajstić information content (AvgIpc) is 3.27. The molecule has 45 heavy (non-hydrogen) atoms. The maximum Gasteiger partial charge on any atom is 0.230 e. The second kappa shape index (κ2) is 12.2. The first kappa shape index (κ1) is 32.6. The summed E-state index contributed by atoms with van der Waals surface area (Å²) in [6.07, 6.45) is 10.3. The minimum atomic E-state index is -1.14. The molecule has 3 unspecified atom stereocenters. The number of halogens is 1. The molecule has 3 aromatic heterocycles. The monoisotopic (exact) mass is 618 g/mol. The van der Waals surface area contributed by atoms with E-state index in [1.165, 1.54) is 12.6 Å². The van der Waals surface area contributed by atoms with Crippen LogP contribution >= 0.6 is 0 Å². The largest absolute Gasteiger partial charge is 0.387 e. The van der Waals surface area contributed by atoms with Gasteiger partial charge in [0.1, 0.15) is 6.17 Å². The third kappa shape index (κ3) is 6.34. The quantitative estimate of drug-likeness (QED) is 0.196. The summed E-state index contributed by atoms with van der Waals surface area (Å²) >= 11 is 0. The number of hydrogen-bond acceptors (Lipinski definition) is 7. The summed E-state index contributed by atoms with van der Waals surface area (Å²) in [6, 6.07) is 4.22. The molecule has 1 saturated heterocycles. The van der Waals surface area contributed by atoms with Gasteiger partial charge in [0.25, 0.3) is 0 Å². The number of rotatable bonds is 10. The lowest BCUT2D eigenvalue weighted by molar-refractivity contribution is -0.173. The van der Waals surface area contributed by atoms with Crippen molar-refractivity contribution in [1.82, 2.24) is 25.1 Å². The Labute approximate surface area is 265 Å². The number of anilines is 1. The van der Waals surface area contributed by atoms with Crippen LogP contribution in [0.3, 0.4) is 0 Å². The zero-order valence-electron chi connectivity index (χ0n) is 27.6. The molecule has 6 rings (SSSR count). The fourth-order valence-corrected chi connectivity index (χ4v) is 6.68. The number of carbonyl (C=O) groups is 1. The van der Waals surface area contributed by atoms with Crippen molar-refractivity contribution in [3.63, 3.8) is 0 Å². The van der Waals surface area contributed by atoms with Crippen molar-refractivity contribution in [2.45, 2.75) is 91.8 Å². The second-order valence-electron chi connectivity index (χ2n) is 14.0. The van der Waals surface area contributed by atoms with Crippen molar-refractivity contribution in [3.8, 4) is 0 Å². The lowest BCUT2D eigenvalue weighted by Crippen LogP contribution is -2.70. The Morgan fingerprint density at radius 1 is 1.31 bits per heavy atom. The van der Waals surface area contributed by atoms with Crippen LogP contribution < -0.4 is 10.2 Å². The topological polar surface area (TPSA) is 109 Å². The zero-order chi connectivity index (χ0) is 32.7. The van der Waals surface area contributed by atoms with Crippen LogP contribution in [0, 0.1) is 23.7 Å². The highest BCUT2D eigenvalue weighted by Gasteiger charge is 2.61. The molecule has 242 valence electrons. The van der Waals surface area contributed by atoms with Gasteiger partial charge in [-0.15, -0.1) is 0 Å². The van der Waals surface area contributed by atoms with Crippen LogP contribution in [0.5, 0.6) is 0 Å². The standard InChI is InChI=1S/C19H27N3O2.C16H20FN3O/c1-7-14(9-16(20-11-23)13(5)12(3)4)17-21-18(24-22-17)15-10-19(15,6)8-2;1-11-6-18-20-4-3-13(5-14(11)20)19-9-15(10-19)7-16(21,8-15)12(2)17/h7,9,11-12,15H,1,8,10H2,2-6H3,(H,20,23);3-6,12,21H,7-10H2,1-2H3/b14-9+,16-13+;. The zero-order valence-corrected chi connectivity index (χ0v) is 27.6. The summed E-state index contributed by atoms with van der Waals surface area (Å²) in [4.78, 5) is 17.8. The van der Waals surface area contributed by atoms with Gasteiger partial charge in [0, 0.05) is 47.6 Å². The fraction of sp³-hybridized carbons (Fsp3) is 0.543. The number of carbonyl (C=O) groups excluding carboxylic acids is 1. The van der Waals surface area contributed by atoms with E-state index in [2.05, 4.69) is 78.8 Å². The Balaban J connectivity index is 0.000000179. The summed E-state index contributed by atoms with van der Waals surface area (Å²) in [5.74, 6) is 1.85. The van der Waals surface area contributed by atoms with Crippen molar-refractivity contribution < 1.29 is 18.8 Å². The second-order valence-corrected chi connectivity index (χ2v) is 14.0. The van der Waals surface area contributed by atoms with Crippen LogP contribution in [0.25, 0.3) is 11.1 Å². The van der Waals surface area contributed by atoms with Crippen LogP contribution in [0.4, 0.5) is 10.1 Å². The summed E-state index contributed by atoms with van der Waals surface area (Å²) in [5.41, 5.74) is 5.33. The van der Waals surface area contributed by atoms with Gasteiger partial charge in [0.05, 0.1) is 17.3 Å². The number of nitrogens with one attached hydrogen (secondary N) is 1. The van der Waals surface area contributed by atoms with Crippen molar-refractivity contribution in [3.05, 3.63) is 71.8 Å². The van der Waals surface area contributed by atoms with E-state index in [1.54, 1.807) is 6.08 Å². The lowest BCUT2D eigenvalue weighted by Gasteiger charge is -2.63. The summed E-state index contributed by atoms with van der Waals surface area (Å²) in [6.45, 7) is 19.7. The van der Waals surface area contributed by atoms with Crippen molar-refractivity contribution in [2.75, 3.05) is 18.0 Å². The number of hydrogen-bond donors (Lipinski definition) is 2. The van der Waals surface area contributed by atoms with Gasteiger partial charge in [0.15, 0.2) is 0 Å². The lowest BCUT2D eigenvalue weighted by atomic mass is 9.54. The maximum absolute atomic E-state index is 13.4. The van der Waals surface area contributed by atoms with Gasteiger partial charge in [-0.25, -0.2) is 8.91 Å². The van der Waals surface area contributed by atoms with Crippen LogP contribution in [0.15, 0.2) is 59.1 Å². The molecule has 3 fully saturated rings. The number of aryl methyl sites for hydroxylation is 1. The maximum atomic E-state index is 13.4. The van der Waals surface area contributed by atoms with Gasteiger partial charge < -0.3 is 19.8 Å². The number of pyridine rings is 1. The molecule has 2 aliphatic carbocycles. The molecular weight excluding hydrogens is 571 g/mol. The Kier molecular flexibility index (Phi) is 8.83. The van der Waals surface area contributed by atoms with Gasteiger partial charge in [-0.2, -0.15) is 10.1 Å². The minimum absolute atomic E-state index is 0.122. The van der Waals surface area contributed by atoms with Crippen molar-refractivity contribution in [1.29, 1.82) is 0 Å². The van der Waals surface area contributed by atoms with Crippen LogP contribution in [-0.2, 0) is 4.79 Å². The molecule has 1 amide bonds. The predicted molar refractivity (Wildman–Crippen MR) is 174 cm³/mol. The summed E-state index contributed by atoms with van der Waals surface area (Å²) < 4.78 is 20.7. The van der Waals surface area contributed by atoms with Gasteiger partial charge >= 0.3 is 0 Å². The number of aliphatic hydroxyl groups is 1. The summed E-state index contributed by atoms with van der Waals surface area (Å²) in [7, 11) is 0. The highest BCUT2D eigenvalue weighted by molar-refractivity contribution is 5.72. The molecule has 2 saturated carbocycles. The van der Waals surface area contributed by atoms with E-state index in [0.29, 0.717) is 42.8 Å². The van der Waals surface area contributed by atoms with Gasteiger partial charge in [-0.05, 0) is 87.1 Å². The summed E-state index contributed by atoms with van der Waals surface area (Å²) in [5, 5.41) is 21.2. The van der Waals surface area contributed by atoms with Gasteiger partial charge in [-0.1, -0.05) is 45.5 Å². The number of allylic oxidation sites excluding steroid dienone is 4. The Bertz CT molecular complexity index is 1620. The Morgan fingerprint density at radius 2 is 2.02 bits per heavy atom. The normalized spacial score (nSPS) is 24.3. The number of fused-ring (bicyclic) bond motifs is 1. The number of aromatic nitrogens is 4. The van der Waals surface area contributed by atoms with Crippen LogP contribution in [0.2, 0.25) is 0 Å². The van der Waals surface area contributed by atoms with Crippen LogP contribution in [-0.4, -0.2) is 56.1 Å². The molecule has 3 atom stereocenters. The smallest absolute Gasteiger partial charge is 0.230 e. The van der Waals surface area contributed by atoms with E-state index in [1.807, 2.05) is 29.9 Å². The third-order valence-electron chi connectivity index (χ3n) is 10.4. The van der Waals surface area contributed by atoms with Gasteiger partial charge in [0.2, 0.25) is 18.1 Å². The molecule has 1 spiro atoms. The number of amides is 1. The molecule has 2 N–H and O–H groups in total. The molecule has 4 heterocycles. The van der Waals surface area contributed by atoms with E-state index in [-0.39, 0.29) is 10.8 Å².